The van der Waals surface area contributed by atoms with Crippen LogP contribution in [0.5, 0.6) is 0 Å². The number of aromatic amines is 1. The molecule has 0 aliphatic carbocycles. The third-order valence-corrected chi connectivity index (χ3v) is 1.98. The molecule has 4 heteroatoms. The van der Waals surface area contributed by atoms with Crippen molar-refractivity contribution in [2.24, 2.45) is 0 Å². The number of nitrogens with zero attached hydrogens (tertiary/aromatic N) is 1. The molecule has 0 amide bonds. The molecule has 0 fully saturated rings. The fraction of sp³-hybridized carbons (Fsp3) is 0.100. The number of para-hydroxylation sites is 1. The van der Waals surface area contributed by atoms with Crippen molar-refractivity contribution in [2.45, 2.75) is 6.92 Å². The van der Waals surface area contributed by atoms with Gasteiger partial charge in [0, 0.05) is 6.20 Å². The van der Waals surface area contributed by atoms with Gasteiger partial charge in [-0.15, -0.1) is 0 Å². The smallest absolute Gasteiger partial charge is 0.311 e. The van der Waals surface area contributed by atoms with Crippen LogP contribution in [-0.4, -0.2) is 9.66 Å². The minimum atomic E-state index is -0.161. The van der Waals surface area contributed by atoms with Crippen molar-refractivity contribution in [3.63, 3.8) is 0 Å². The van der Waals surface area contributed by atoms with E-state index in [-0.39, 0.29) is 5.69 Å². The first-order chi connectivity index (χ1) is 6.77. The molecule has 0 aliphatic rings. The standard InChI is InChI=1S/C10H11N3O/c1-8-7-11-10(14)13(8)12-9-5-3-2-4-6-9/h2-7,12H,1H3,(H,11,14). The molecule has 2 N–H and O–H groups in total. The molecule has 0 spiro atoms. The van der Waals surface area contributed by atoms with Crippen molar-refractivity contribution >= 4 is 5.69 Å². The van der Waals surface area contributed by atoms with E-state index in [9.17, 15) is 4.79 Å². The van der Waals surface area contributed by atoms with E-state index in [1.165, 1.54) is 4.68 Å². The molecule has 0 radical (unpaired) electrons. The van der Waals surface area contributed by atoms with Crippen LogP contribution in [0.15, 0.2) is 41.3 Å². The summed E-state index contributed by atoms with van der Waals surface area (Å²) in [5.74, 6) is 0. The molecule has 4 nitrogen and oxygen atoms in total. The van der Waals surface area contributed by atoms with Gasteiger partial charge in [0.2, 0.25) is 0 Å². The average molecular weight is 189 g/mol. The van der Waals surface area contributed by atoms with Crippen molar-refractivity contribution in [3.05, 3.63) is 52.7 Å². The second-order valence-corrected chi connectivity index (χ2v) is 3.05. The highest BCUT2D eigenvalue weighted by Crippen LogP contribution is 2.05. The lowest BCUT2D eigenvalue weighted by Crippen LogP contribution is -2.24. The molecule has 2 rings (SSSR count). The molecular formula is C10H11N3O. The van der Waals surface area contributed by atoms with E-state index in [1.54, 1.807) is 6.20 Å². The van der Waals surface area contributed by atoms with Gasteiger partial charge in [-0.05, 0) is 19.1 Å². The van der Waals surface area contributed by atoms with Crippen LogP contribution in [0.4, 0.5) is 5.69 Å². The summed E-state index contributed by atoms with van der Waals surface area (Å²) in [6.45, 7) is 1.86. The first-order valence-electron chi connectivity index (χ1n) is 4.36. The van der Waals surface area contributed by atoms with Crippen molar-refractivity contribution in [3.8, 4) is 0 Å². The molecule has 1 aromatic heterocycles. The lowest BCUT2D eigenvalue weighted by molar-refractivity contribution is 0.867. The lowest BCUT2D eigenvalue weighted by atomic mass is 10.3. The van der Waals surface area contributed by atoms with E-state index in [2.05, 4.69) is 10.4 Å². The first kappa shape index (κ1) is 8.62. The third-order valence-electron chi connectivity index (χ3n) is 1.98. The van der Waals surface area contributed by atoms with Crippen molar-refractivity contribution < 1.29 is 0 Å². The van der Waals surface area contributed by atoms with Crippen LogP contribution in [0.2, 0.25) is 0 Å². The van der Waals surface area contributed by atoms with Crippen LogP contribution in [0.3, 0.4) is 0 Å². The second-order valence-electron chi connectivity index (χ2n) is 3.05. The summed E-state index contributed by atoms with van der Waals surface area (Å²) >= 11 is 0. The van der Waals surface area contributed by atoms with Crippen LogP contribution in [0, 0.1) is 6.92 Å². The van der Waals surface area contributed by atoms with Crippen molar-refractivity contribution in [1.29, 1.82) is 0 Å². The summed E-state index contributed by atoms with van der Waals surface area (Å²) in [6.07, 6.45) is 1.66. The SMILES string of the molecule is Cc1c[nH]c(=O)n1Nc1ccccc1. The van der Waals surface area contributed by atoms with Crippen LogP contribution in [0.1, 0.15) is 5.69 Å². The van der Waals surface area contributed by atoms with Crippen molar-refractivity contribution in [2.75, 3.05) is 5.43 Å². The number of rotatable bonds is 2. The Morgan fingerprint density at radius 3 is 2.57 bits per heavy atom. The average Bonchev–Trinajstić information content (AvgIpc) is 2.51. The second kappa shape index (κ2) is 3.41. The number of hydrogen-bond donors (Lipinski definition) is 2. The van der Waals surface area contributed by atoms with E-state index in [4.69, 9.17) is 0 Å². The number of anilines is 1. The summed E-state index contributed by atoms with van der Waals surface area (Å²) in [5, 5.41) is 0. The molecule has 0 saturated carbocycles. The summed E-state index contributed by atoms with van der Waals surface area (Å²) in [6, 6.07) is 9.56. The Morgan fingerprint density at radius 1 is 1.29 bits per heavy atom. The van der Waals surface area contributed by atoms with Crippen LogP contribution < -0.4 is 11.1 Å². The Hall–Kier alpha value is -1.97. The minimum Gasteiger partial charge on any atom is -0.311 e. The highest BCUT2D eigenvalue weighted by molar-refractivity contribution is 5.42. The van der Waals surface area contributed by atoms with E-state index in [0.29, 0.717) is 0 Å². The Kier molecular flexibility index (Phi) is 2.10. The first-order valence-corrected chi connectivity index (χ1v) is 4.36. The fourth-order valence-electron chi connectivity index (χ4n) is 1.24. The topological polar surface area (TPSA) is 49.8 Å². The van der Waals surface area contributed by atoms with Gasteiger partial charge in [-0.25, -0.2) is 9.47 Å². The van der Waals surface area contributed by atoms with Gasteiger partial charge >= 0.3 is 5.69 Å². The molecule has 0 bridgehead atoms. The maximum Gasteiger partial charge on any atom is 0.344 e. The van der Waals surface area contributed by atoms with Crippen LogP contribution in [-0.2, 0) is 0 Å². The van der Waals surface area contributed by atoms with E-state index >= 15 is 0 Å². The van der Waals surface area contributed by atoms with E-state index in [1.807, 2.05) is 37.3 Å². The molecule has 0 unspecified atom stereocenters. The van der Waals surface area contributed by atoms with Crippen LogP contribution >= 0.6 is 0 Å². The molecule has 1 heterocycles. The maximum absolute atomic E-state index is 11.3. The monoisotopic (exact) mass is 189 g/mol. The molecular weight excluding hydrogens is 178 g/mol. The van der Waals surface area contributed by atoms with Gasteiger partial charge in [0.15, 0.2) is 0 Å². The lowest BCUT2D eigenvalue weighted by Gasteiger charge is -2.06. The zero-order chi connectivity index (χ0) is 9.97. The molecule has 1 aromatic carbocycles. The number of H-pyrrole nitrogens is 1. The predicted molar refractivity (Wildman–Crippen MR) is 55.3 cm³/mol. The minimum absolute atomic E-state index is 0.161. The van der Waals surface area contributed by atoms with Gasteiger partial charge in [-0.2, -0.15) is 0 Å². The number of imidazole rings is 1. The number of nitrogens with one attached hydrogen (secondary N) is 2. The summed E-state index contributed by atoms with van der Waals surface area (Å²) in [4.78, 5) is 13.9. The molecule has 2 aromatic rings. The summed E-state index contributed by atoms with van der Waals surface area (Å²) in [7, 11) is 0. The van der Waals surface area contributed by atoms with Gasteiger partial charge in [-0.1, -0.05) is 18.2 Å². The Morgan fingerprint density at radius 2 is 2.00 bits per heavy atom. The van der Waals surface area contributed by atoms with Gasteiger partial charge < -0.3 is 4.98 Å². The predicted octanol–water partition coefficient (Wildman–Crippen LogP) is 1.36. The number of hydrogen-bond acceptors (Lipinski definition) is 2. The highest BCUT2D eigenvalue weighted by atomic mass is 16.2. The molecule has 72 valence electrons. The highest BCUT2D eigenvalue weighted by Gasteiger charge is 2.00. The Balaban J connectivity index is 2.32. The fourth-order valence-corrected chi connectivity index (χ4v) is 1.24. The van der Waals surface area contributed by atoms with Crippen molar-refractivity contribution in [1.82, 2.24) is 9.66 Å². The zero-order valence-corrected chi connectivity index (χ0v) is 7.82. The normalized spacial score (nSPS) is 10.1. The molecule has 0 aliphatic heterocycles. The zero-order valence-electron chi connectivity index (χ0n) is 7.82. The number of aromatic nitrogens is 2. The Bertz CT molecular complexity index is 470. The summed E-state index contributed by atoms with van der Waals surface area (Å²) < 4.78 is 1.47. The summed E-state index contributed by atoms with van der Waals surface area (Å²) in [5.41, 5.74) is 4.57. The van der Waals surface area contributed by atoms with E-state index in [0.717, 1.165) is 11.4 Å². The Labute approximate surface area is 81.2 Å². The third kappa shape index (κ3) is 1.54. The van der Waals surface area contributed by atoms with Gasteiger partial charge in [0.25, 0.3) is 0 Å². The van der Waals surface area contributed by atoms with Gasteiger partial charge in [0.1, 0.15) is 0 Å². The molecule has 14 heavy (non-hydrogen) atoms. The van der Waals surface area contributed by atoms with Crippen LogP contribution in [0.25, 0.3) is 0 Å². The maximum atomic E-state index is 11.3. The molecule has 0 atom stereocenters. The van der Waals surface area contributed by atoms with E-state index < -0.39 is 0 Å². The number of benzene rings is 1. The molecule has 0 saturated heterocycles. The number of aryl methyl sites for hydroxylation is 1. The van der Waals surface area contributed by atoms with Gasteiger partial charge in [0.05, 0.1) is 11.4 Å². The van der Waals surface area contributed by atoms with Gasteiger partial charge in [-0.3, -0.25) is 5.43 Å². The largest absolute Gasteiger partial charge is 0.344 e. The quantitative estimate of drug-likeness (QED) is 0.749.